The van der Waals surface area contributed by atoms with Gasteiger partial charge in [-0.3, -0.25) is 9.78 Å². The molecular formula is C21H19F2N5O2. The highest BCUT2D eigenvalue weighted by Gasteiger charge is 2.21. The van der Waals surface area contributed by atoms with E-state index in [1.165, 1.54) is 24.4 Å². The van der Waals surface area contributed by atoms with E-state index < -0.39 is 17.5 Å². The quantitative estimate of drug-likeness (QED) is 0.597. The van der Waals surface area contributed by atoms with Crippen molar-refractivity contribution in [2.45, 2.75) is 12.5 Å². The van der Waals surface area contributed by atoms with Crippen LogP contribution >= 0.6 is 0 Å². The first-order valence-electron chi connectivity index (χ1n) is 9.36. The van der Waals surface area contributed by atoms with Crippen molar-refractivity contribution in [3.8, 4) is 17.0 Å². The van der Waals surface area contributed by atoms with Crippen molar-refractivity contribution in [2.75, 3.05) is 24.1 Å². The number of carbonyl (C=O) groups is 1. The summed E-state index contributed by atoms with van der Waals surface area (Å²) in [7, 11) is 0. The maximum atomic E-state index is 14.1. The summed E-state index contributed by atoms with van der Waals surface area (Å²) in [6.07, 6.45) is 3.84. The Morgan fingerprint density at radius 3 is 2.73 bits per heavy atom. The minimum atomic E-state index is -0.785. The molecule has 9 heteroatoms. The molecule has 2 aromatic heterocycles. The minimum absolute atomic E-state index is 0.0152. The van der Waals surface area contributed by atoms with Crippen LogP contribution in [-0.4, -0.2) is 35.1 Å². The largest absolute Gasteiger partial charge is 0.487 e. The number of benzene rings is 1. The van der Waals surface area contributed by atoms with E-state index in [1.807, 2.05) is 0 Å². The Kier molecular flexibility index (Phi) is 5.53. The molecule has 30 heavy (non-hydrogen) atoms. The fourth-order valence-corrected chi connectivity index (χ4v) is 3.20. The lowest BCUT2D eigenvalue weighted by Gasteiger charge is -2.16. The zero-order chi connectivity index (χ0) is 21.1. The predicted octanol–water partition coefficient (Wildman–Crippen LogP) is 3.00. The molecule has 0 saturated carbocycles. The number of halogens is 2. The number of anilines is 2. The van der Waals surface area contributed by atoms with Gasteiger partial charge in [-0.1, -0.05) is 6.07 Å². The summed E-state index contributed by atoms with van der Waals surface area (Å²) in [5.41, 5.74) is 5.79. The van der Waals surface area contributed by atoms with E-state index in [0.717, 1.165) is 25.1 Å². The van der Waals surface area contributed by atoms with Crippen molar-refractivity contribution < 1.29 is 18.3 Å². The van der Waals surface area contributed by atoms with Crippen molar-refractivity contribution in [2.24, 2.45) is 0 Å². The smallest absolute Gasteiger partial charge is 0.276 e. The topological polar surface area (TPSA) is 102 Å². The molecule has 4 rings (SSSR count). The first-order chi connectivity index (χ1) is 14.5. The molecule has 1 atom stereocenters. The number of hydrogen-bond donors (Lipinski definition) is 3. The number of nitrogens with zero attached hydrogens (tertiary/aromatic N) is 2. The van der Waals surface area contributed by atoms with E-state index in [0.29, 0.717) is 18.0 Å². The van der Waals surface area contributed by atoms with E-state index in [2.05, 4.69) is 20.6 Å². The standard InChI is InChI=1S/C21H19F2N5O2/c22-13-2-1-3-14(23)19(13)16-5-4-15(24)20(27-16)21(29)28-17-11-26-9-7-18(17)30-12-6-8-25-10-12/h1-5,7,9,11-12,25H,6,8,10,24H2,(H,28,29)/t12-/m0/s1. The molecule has 4 N–H and O–H groups in total. The number of amides is 1. The summed E-state index contributed by atoms with van der Waals surface area (Å²) >= 11 is 0. The van der Waals surface area contributed by atoms with Gasteiger partial charge in [-0.25, -0.2) is 13.8 Å². The molecule has 1 fully saturated rings. The Bertz CT molecular complexity index is 1070. The normalized spacial score (nSPS) is 15.7. The molecule has 1 aromatic carbocycles. The second-order valence-corrected chi connectivity index (χ2v) is 6.79. The molecular weight excluding hydrogens is 392 g/mol. The number of rotatable bonds is 5. The molecule has 1 amide bonds. The van der Waals surface area contributed by atoms with Crippen LogP contribution in [0, 0.1) is 11.6 Å². The Balaban J connectivity index is 1.62. The van der Waals surface area contributed by atoms with Gasteiger partial charge >= 0.3 is 0 Å². The molecule has 154 valence electrons. The number of hydrogen-bond acceptors (Lipinski definition) is 6. The number of carbonyl (C=O) groups excluding carboxylic acids is 1. The monoisotopic (exact) mass is 411 g/mol. The van der Waals surface area contributed by atoms with Gasteiger partial charge in [0.05, 0.1) is 23.1 Å². The number of pyridine rings is 2. The van der Waals surface area contributed by atoms with Crippen LogP contribution in [0.5, 0.6) is 5.75 Å². The van der Waals surface area contributed by atoms with Gasteiger partial charge in [0, 0.05) is 18.8 Å². The Morgan fingerprint density at radius 1 is 1.20 bits per heavy atom. The average molecular weight is 411 g/mol. The van der Waals surface area contributed by atoms with Crippen molar-refractivity contribution in [3.05, 3.63) is 66.1 Å². The van der Waals surface area contributed by atoms with Gasteiger partial charge in [0.1, 0.15) is 29.2 Å². The van der Waals surface area contributed by atoms with Crippen molar-refractivity contribution in [3.63, 3.8) is 0 Å². The molecule has 0 bridgehead atoms. The summed E-state index contributed by atoms with van der Waals surface area (Å²) in [6, 6.07) is 7.88. The van der Waals surface area contributed by atoms with Gasteiger partial charge in [-0.05, 0) is 37.2 Å². The van der Waals surface area contributed by atoms with Crippen molar-refractivity contribution in [1.29, 1.82) is 0 Å². The lowest BCUT2D eigenvalue weighted by Crippen LogP contribution is -2.21. The van der Waals surface area contributed by atoms with E-state index >= 15 is 0 Å². The highest BCUT2D eigenvalue weighted by Crippen LogP contribution is 2.28. The molecule has 0 unspecified atom stereocenters. The second kappa shape index (κ2) is 8.42. The molecule has 1 saturated heterocycles. The molecule has 7 nitrogen and oxygen atoms in total. The number of aromatic nitrogens is 2. The van der Waals surface area contributed by atoms with E-state index in [1.54, 1.807) is 12.3 Å². The SMILES string of the molecule is Nc1ccc(-c2c(F)cccc2F)nc1C(=O)Nc1cnccc1O[C@H]1CCNC1. The minimum Gasteiger partial charge on any atom is -0.487 e. The van der Waals surface area contributed by atoms with E-state index in [-0.39, 0.29) is 28.7 Å². The summed E-state index contributed by atoms with van der Waals surface area (Å²) in [6.45, 7) is 1.57. The van der Waals surface area contributed by atoms with Gasteiger partial charge in [0.25, 0.3) is 5.91 Å². The zero-order valence-electron chi connectivity index (χ0n) is 15.9. The van der Waals surface area contributed by atoms with Crippen LogP contribution in [0.2, 0.25) is 0 Å². The highest BCUT2D eigenvalue weighted by molar-refractivity contribution is 6.07. The third-order valence-electron chi connectivity index (χ3n) is 4.70. The third kappa shape index (κ3) is 4.06. The highest BCUT2D eigenvalue weighted by atomic mass is 19.1. The van der Waals surface area contributed by atoms with Crippen LogP contribution in [0.4, 0.5) is 20.2 Å². The number of ether oxygens (including phenoxy) is 1. The maximum Gasteiger partial charge on any atom is 0.276 e. The molecule has 1 aliphatic heterocycles. The Morgan fingerprint density at radius 2 is 2.00 bits per heavy atom. The van der Waals surface area contributed by atoms with Crippen molar-refractivity contribution in [1.82, 2.24) is 15.3 Å². The van der Waals surface area contributed by atoms with Crippen molar-refractivity contribution >= 4 is 17.3 Å². The Labute approximate surface area is 171 Å². The molecule has 3 aromatic rings. The van der Waals surface area contributed by atoms with Gasteiger partial charge in [-0.2, -0.15) is 0 Å². The average Bonchev–Trinajstić information content (AvgIpc) is 3.23. The molecule has 0 radical (unpaired) electrons. The Hall–Kier alpha value is -3.59. The van der Waals surface area contributed by atoms with E-state index in [9.17, 15) is 13.6 Å². The predicted molar refractivity (Wildman–Crippen MR) is 108 cm³/mol. The first-order valence-corrected chi connectivity index (χ1v) is 9.36. The van der Waals surface area contributed by atoms with Crippen LogP contribution in [0.3, 0.4) is 0 Å². The van der Waals surface area contributed by atoms with E-state index in [4.69, 9.17) is 10.5 Å². The van der Waals surface area contributed by atoms with Crippen LogP contribution in [0.25, 0.3) is 11.3 Å². The lowest BCUT2D eigenvalue weighted by molar-refractivity contribution is 0.102. The van der Waals surface area contributed by atoms with Gasteiger partial charge in [0.15, 0.2) is 5.69 Å². The van der Waals surface area contributed by atoms with Gasteiger partial charge in [-0.15, -0.1) is 0 Å². The fraction of sp³-hybridized carbons (Fsp3) is 0.190. The van der Waals surface area contributed by atoms with Crippen LogP contribution in [0.15, 0.2) is 48.8 Å². The molecule has 1 aliphatic rings. The van der Waals surface area contributed by atoms with Gasteiger partial charge < -0.3 is 21.1 Å². The summed E-state index contributed by atoms with van der Waals surface area (Å²) in [4.78, 5) is 21.0. The second-order valence-electron chi connectivity index (χ2n) is 6.79. The molecule has 3 heterocycles. The third-order valence-corrected chi connectivity index (χ3v) is 4.70. The summed E-state index contributed by atoms with van der Waals surface area (Å²) < 4.78 is 34.2. The van der Waals surface area contributed by atoms with Crippen LogP contribution in [-0.2, 0) is 0 Å². The van der Waals surface area contributed by atoms with Crippen LogP contribution in [0.1, 0.15) is 16.9 Å². The summed E-state index contributed by atoms with van der Waals surface area (Å²) in [5.74, 6) is -1.76. The fourth-order valence-electron chi connectivity index (χ4n) is 3.20. The first kappa shape index (κ1) is 19.7. The van der Waals surface area contributed by atoms with Gasteiger partial charge in [0.2, 0.25) is 0 Å². The summed E-state index contributed by atoms with van der Waals surface area (Å²) in [5, 5.41) is 5.87. The lowest BCUT2D eigenvalue weighted by atomic mass is 10.1. The number of nitrogens with one attached hydrogen (secondary N) is 2. The maximum absolute atomic E-state index is 14.1. The number of nitrogen functional groups attached to an aromatic ring is 1. The number of nitrogens with two attached hydrogens (primary N) is 1. The van der Waals surface area contributed by atoms with Crippen LogP contribution < -0.4 is 21.1 Å². The molecule has 0 spiro atoms. The molecule has 0 aliphatic carbocycles. The zero-order valence-corrected chi connectivity index (χ0v) is 15.9.